The third kappa shape index (κ3) is 8.44. The Labute approximate surface area is 245 Å². The number of nitrogens with zero attached hydrogens (tertiary/aromatic N) is 1. The molecule has 1 aliphatic rings. The highest BCUT2D eigenvalue weighted by Gasteiger charge is 2.36. The summed E-state index contributed by atoms with van der Waals surface area (Å²) in [6.45, 7) is 11.3. The van der Waals surface area contributed by atoms with Crippen LogP contribution in [0.25, 0.3) is 5.57 Å². The van der Waals surface area contributed by atoms with Crippen molar-refractivity contribution >= 4 is 23.0 Å². The van der Waals surface area contributed by atoms with Gasteiger partial charge in [-0.05, 0) is 110 Å². The van der Waals surface area contributed by atoms with Crippen LogP contribution in [-0.4, -0.2) is 18.9 Å². The molecule has 0 spiro atoms. The first kappa shape index (κ1) is 30.9. The Morgan fingerprint density at radius 2 is 2.08 bits per heavy atom. The van der Waals surface area contributed by atoms with E-state index < -0.39 is 0 Å². The summed E-state index contributed by atoms with van der Waals surface area (Å²) in [6.07, 6.45) is 21.6. The van der Waals surface area contributed by atoms with E-state index in [-0.39, 0.29) is 11.5 Å². The molecule has 0 amide bonds. The fraction of sp³-hybridized carbons (Fsp3) is 0.343. The molecule has 3 rings (SSSR count). The van der Waals surface area contributed by atoms with E-state index in [0.717, 1.165) is 23.3 Å². The average Bonchev–Trinajstić information content (AvgIpc) is 2.96. The van der Waals surface area contributed by atoms with Crippen LogP contribution < -0.4 is 15.8 Å². The lowest BCUT2D eigenvalue weighted by Gasteiger charge is -2.41. The molecule has 2 aromatic carbocycles. The Morgan fingerprint density at radius 3 is 2.75 bits per heavy atom. The maximum Gasteiger partial charge on any atom is 0.142 e. The monoisotopic (exact) mass is 553 g/mol. The van der Waals surface area contributed by atoms with E-state index in [4.69, 9.17) is 10.5 Å². The van der Waals surface area contributed by atoms with Crippen LogP contribution in [0.1, 0.15) is 57.6 Å². The zero-order valence-corrected chi connectivity index (χ0v) is 25.1. The Morgan fingerprint density at radius 1 is 1.27 bits per heavy atom. The normalized spacial score (nSPS) is 18.9. The van der Waals surface area contributed by atoms with Crippen LogP contribution in [0.15, 0.2) is 102 Å². The molecule has 0 saturated carbocycles. The molecule has 4 nitrogen and oxygen atoms in total. The number of ether oxygens (including phenoxy) is 1. The molecule has 0 aliphatic heterocycles. The molecular formula is C35H43N3OS. The second kappa shape index (κ2) is 15.2. The van der Waals surface area contributed by atoms with Gasteiger partial charge in [0, 0.05) is 10.9 Å². The van der Waals surface area contributed by atoms with Crippen molar-refractivity contribution in [2.24, 2.45) is 11.3 Å². The molecule has 3 atom stereocenters. The summed E-state index contributed by atoms with van der Waals surface area (Å²) < 4.78 is 5.76. The van der Waals surface area contributed by atoms with Gasteiger partial charge in [0.2, 0.25) is 0 Å². The Bertz CT molecular complexity index is 1320. The summed E-state index contributed by atoms with van der Waals surface area (Å²) >= 11 is 1.71. The average molecular weight is 554 g/mol. The number of nitrogens with two attached hydrogens (primary N) is 1. The minimum atomic E-state index is 0.0725. The second-order valence-corrected chi connectivity index (χ2v) is 11.5. The van der Waals surface area contributed by atoms with Gasteiger partial charge in [-0.25, -0.2) is 0 Å². The third-order valence-electron chi connectivity index (χ3n) is 7.55. The van der Waals surface area contributed by atoms with Gasteiger partial charge in [0.05, 0.1) is 17.3 Å². The van der Waals surface area contributed by atoms with Gasteiger partial charge in [-0.2, -0.15) is 5.26 Å². The lowest BCUT2D eigenvalue weighted by atomic mass is 9.65. The van der Waals surface area contributed by atoms with E-state index in [1.165, 1.54) is 24.0 Å². The fourth-order valence-corrected chi connectivity index (χ4v) is 5.99. The number of benzene rings is 2. The number of nitrogens with one attached hydrogen (secondary N) is 1. The zero-order chi connectivity index (χ0) is 29.0. The first-order chi connectivity index (χ1) is 19.3. The predicted molar refractivity (Wildman–Crippen MR) is 172 cm³/mol. The highest BCUT2D eigenvalue weighted by Crippen LogP contribution is 2.48. The molecule has 0 heterocycles. The van der Waals surface area contributed by atoms with Crippen molar-refractivity contribution in [2.75, 3.05) is 18.6 Å². The number of nitrogen functional groups attached to an aromatic ring is 1. The summed E-state index contributed by atoms with van der Waals surface area (Å²) in [5, 5.41) is 13.0. The molecule has 0 bridgehead atoms. The Kier molecular flexibility index (Phi) is 11.8. The number of allylic oxidation sites excluding steroid dienone is 6. The molecule has 2 aromatic rings. The van der Waals surface area contributed by atoms with Crippen LogP contribution >= 0.6 is 11.8 Å². The predicted octanol–water partition coefficient (Wildman–Crippen LogP) is 8.70. The number of hydrogen-bond donors (Lipinski definition) is 2. The lowest BCUT2D eigenvalue weighted by Crippen LogP contribution is -2.34. The minimum absolute atomic E-state index is 0.0725. The van der Waals surface area contributed by atoms with Gasteiger partial charge >= 0.3 is 0 Å². The number of nitriles is 1. The summed E-state index contributed by atoms with van der Waals surface area (Å²) in [4.78, 5) is 1.16. The highest BCUT2D eigenvalue weighted by atomic mass is 32.2. The highest BCUT2D eigenvalue weighted by molar-refractivity contribution is 7.98. The largest absolute Gasteiger partial charge is 0.487 e. The molecule has 0 fully saturated rings. The molecule has 3 N–H and O–H groups in total. The van der Waals surface area contributed by atoms with Crippen molar-refractivity contribution in [3.63, 3.8) is 0 Å². The topological polar surface area (TPSA) is 71.1 Å². The first-order valence-electron chi connectivity index (χ1n) is 14.0. The molecule has 0 aromatic heterocycles. The van der Waals surface area contributed by atoms with Gasteiger partial charge in [0.15, 0.2) is 0 Å². The number of para-hydroxylation sites is 2. The summed E-state index contributed by atoms with van der Waals surface area (Å²) in [5.41, 5.74) is 10.8. The summed E-state index contributed by atoms with van der Waals surface area (Å²) in [5.74, 6) is 1.01. The van der Waals surface area contributed by atoms with Gasteiger partial charge in [-0.3, -0.25) is 0 Å². The molecule has 5 heteroatoms. The molecule has 210 valence electrons. The molecule has 0 saturated heterocycles. The van der Waals surface area contributed by atoms with E-state index in [2.05, 4.69) is 69.3 Å². The van der Waals surface area contributed by atoms with Crippen LogP contribution in [0, 0.1) is 22.7 Å². The van der Waals surface area contributed by atoms with Crippen molar-refractivity contribution in [1.29, 1.82) is 5.26 Å². The van der Waals surface area contributed by atoms with Gasteiger partial charge in [0.25, 0.3) is 0 Å². The second-order valence-electron chi connectivity index (χ2n) is 10.6. The molecule has 2 unspecified atom stereocenters. The molecular weight excluding hydrogens is 510 g/mol. The smallest absolute Gasteiger partial charge is 0.142 e. The summed E-state index contributed by atoms with van der Waals surface area (Å²) in [7, 11) is 0. The van der Waals surface area contributed by atoms with E-state index in [9.17, 15) is 5.26 Å². The van der Waals surface area contributed by atoms with Gasteiger partial charge in [-0.1, -0.05) is 62.1 Å². The first-order valence-corrected chi connectivity index (χ1v) is 15.2. The van der Waals surface area contributed by atoms with Crippen molar-refractivity contribution in [3.05, 3.63) is 108 Å². The van der Waals surface area contributed by atoms with Gasteiger partial charge in [0.1, 0.15) is 12.4 Å². The van der Waals surface area contributed by atoms with E-state index in [1.807, 2.05) is 60.8 Å². The van der Waals surface area contributed by atoms with Crippen molar-refractivity contribution in [3.8, 4) is 11.8 Å². The van der Waals surface area contributed by atoms with Crippen LogP contribution in [0.5, 0.6) is 5.75 Å². The fourth-order valence-electron chi connectivity index (χ4n) is 5.34. The number of rotatable bonds is 13. The molecule has 0 radical (unpaired) electrons. The van der Waals surface area contributed by atoms with E-state index in [1.54, 1.807) is 11.8 Å². The SMILES string of the molecule is C=C(/C=C\C=C/NC(C)CC(/C(=C\C)c1ccc(C#N)cc1SC)[C@]1(C)C=CCCC1)COc1ccccc1N. The van der Waals surface area contributed by atoms with Crippen molar-refractivity contribution in [1.82, 2.24) is 5.32 Å². The van der Waals surface area contributed by atoms with E-state index in [0.29, 0.717) is 29.5 Å². The number of anilines is 1. The van der Waals surface area contributed by atoms with Gasteiger partial charge < -0.3 is 15.8 Å². The van der Waals surface area contributed by atoms with Crippen molar-refractivity contribution < 1.29 is 4.74 Å². The van der Waals surface area contributed by atoms with Gasteiger partial charge in [-0.15, -0.1) is 11.8 Å². The standard InChI is InChI=1S/C35H43N3OS/c1-6-29(30-18-17-28(24-36)23-34(30)40-5)31(35(4)19-11-7-12-20-35)22-27(3)38-21-13-10-14-26(2)25-39-33-16-9-8-15-32(33)37/h6,8-11,13-19,21,23,27,31,38H,2,7,12,20,22,25,37H2,1,3-5H3/b14-10-,21-13-,29-6-/t27?,31?,35-/m1/s1. The molecule has 40 heavy (non-hydrogen) atoms. The number of thioether (sulfide) groups is 1. The van der Waals surface area contributed by atoms with Crippen LogP contribution in [0.4, 0.5) is 5.69 Å². The lowest BCUT2D eigenvalue weighted by molar-refractivity contribution is 0.249. The van der Waals surface area contributed by atoms with Crippen molar-refractivity contribution in [2.45, 2.75) is 57.4 Å². The maximum atomic E-state index is 9.43. The Balaban J connectivity index is 1.68. The number of hydrogen-bond acceptors (Lipinski definition) is 5. The van der Waals surface area contributed by atoms with Crippen LogP contribution in [-0.2, 0) is 0 Å². The zero-order valence-electron chi connectivity index (χ0n) is 24.3. The third-order valence-corrected chi connectivity index (χ3v) is 8.33. The van der Waals surface area contributed by atoms with Crippen LogP contribution in [0.3, 0.4) is 0 Å². The summed E-state index contributed by atoms with van der Waals surface area (Å²) in [6, 6.07) is 16.1. The molecule has 1 aliphatic carbocycles. The van der Waals surface area contributed by atoms with E-state index >= 15 is 0 Å². The minimum Gasteiger partial charge on any atom is -0.487 e. The van der Waals surface area contributed by atoms with Crippen LogP contribution in [0.2, 0.25) is 0 Å². The quantitative estimate of drug-likeness (QED) is 0.112. The Hall–Kier alpha value is -3.62. The maximum absolute atomic E-state index is 9.43.